The van der Waals surface area contributed by atoms with E-state index in [1.165, 1.54) is 29.3 Å². The van der Waals surface area contributed by atoms with Crippen LogP contribution in [0.5, 0.6) is 0 Å². The largest absolute Gasteiger partial charge is 0.309 e. The third-order valence-electron chi connectivity index (χ3n) is 3.00. The monoisotopic (exact) mass is 315 g/mol. The third kappa shape index (κ3) is 5.81. The van der Waals surface area contributed by atoms with Crippen LogP contribution in [0.4, 0.5) is 5.13 Å². The second-order valence-electron chi connectivity index (χ2n) is 4.65. The molecule has 1 rings (SSSR count). The molecule has 1 amide bonds. The van der Waals surface area contributed by atoms with Gasteiger partial charge in [0.1, 0.15) is 0 Å². The SMILES string of the molecule is CCSCCC(C)NCc1csc(N(CC)C(C)=O)n1. The van der Waals surface area contributed by atoms with E-state index in [2.05, 4.69) is 24.1 Å². The zero-order chi connectivity index (χ0) is 15.0. The van der Waals surface area contributed by atoms with Crippen molar-refractivity contribution in [3.8, 4) is 0 Å². The molecule has 1 heterocycles. The lowest BCUT2D eigenvalue weighted by molar-refractivity contribution is -0.116. The summed E-state index contributed by atoms with van der Waals surface area (Å²) in [5, 5.41) is 6.31. The smallest absolute Gasteiger partial charge is 0.225 e. The lowest BCUT2D eigenvalue weighted by Crippen LogP contribution is -2.28. The zero-order valence-corrected chi connectivity index (χ0v) is 14.4. The molecule has 0 saturated carbocycles. The van der Waals surface area contributed by atoms with Crippen LogP contribution in [0.15, 0.2) is 5.38 Å². The quantitative estimate of drug-likeness (QED) is 0.711. The fourth-order valence-corrected chi connectivity index (χ4v) is 3.52. The maximum Gasteiger partial charge on any atom is 0.225 e. The Morgan fingerprint density at radius 2 is 2.30 bits per heavy atom. The predicted octanol–water partition coefficient (Wildman–Crippen LogP) is 3.14. The second kappa shape index (κ2) is 9.37. The summed E-state index contributed by atoms with van der Waals surface area (Å²) in [5.74, 6) is 2.42. The number of thioether (sulfide) groups is 1. The predicted molar refractivity (Wildman–Crippen MR) is 89.7 cm³/mol. The van der Waals surface area contributed by atoms with Gasteiger partial charge in [0.2, 0.25) is 5.91 Å². The van der Waals surface area contributed by atoms with Gasteiger partial charge >= 0.3 is 0 Å². The van der Waals surface area contributed by atoms with Crippen molar-refractivity contribution in [1.82, 2.24) is 10.3 Å². The number of anilines is 1. The van der Waals surface area contributed by atoms with E-state index in [9.17, 15) is 4.79 Å². The van der Waals surface area contributed by atoms with Crippen LogP contribution in [0.25, 0.3) is 0 Å². The van der Waals surface area contributed by atoms with E-state index in [1.54, 1.807) is 11.8 Å². The second-order valence-corrected chi connectivity index (χ2v) is 6.88. The van der Waals surface area contributed by atoms with Crippen molar-refractivity contribution in [3.63, 3.8) is 0 Å². The Kier molecular flexibility index (Phi) is 8.18. The van der Waals surface area contributed by atoms with Gasteiger partial charge in [-0.1, -0.05) is 6.92 Å². The standard InChI is InChI=1S/C14H25N3OS2/c1-5-17(12(4)18)14-16-13(10-20-14)9-15-11(3)7-8-19-6-2/h10-11,15H,5-9H2,1-4H3. The Hall–Kier alpha value is -0.590. The molecule has 4 nitrogen and oxygen atoms in total. The summed E-state index contributed by atoms with van der Waals surface area (Å²) in [4.78, 5) is 17.7. The van der Waals surface area contributed by atoms with Crippen LogP contribution in [-0.2, 0) is 11.3 Å². The third-order valence-corrected chi connectivity index (χ3v) is 4.84. The number of rotatable bonds is 9. The molecular weight excluding hydrogens is 290 g/mol. The molecule has 0 radical (unpaired) electrons. The maximum absolute atomic E-state index is 11.5. The van der Waals surface area contributed by atoms with Crippen LogP contribution < -0.4 is 10.2 Å². The normalized spacial score (nSPS) is 12.4. The van der Waals surface area contributed by atoms with Crippen LogP contribution in [0, 0.1) is 0 Å². The molecule has 0 aliphatic heterocycles. The fourth-order valence-electron chi connectivity index (χ4n) is 1.78. The van der Waals surface area contributed by atoms with Gasteiger partial charge in [0.05, 0.1) is 5.69 Å². The Morgan fingerprint density at radius 1 is 1.55 bits per heavy atom. The van der Waals surface area contributed by atoms with Crippen LogP contribution >= 0.6 is 23.1 Å². The van der Waals surface area contributed by atoms with Gasteiger partial charge in [0.15, 0.2) is 5.13 Å². The fraction of sp³-hybridized carbons (Fsp3) is 0.714. The van der Waals surface area contributed by atoms with Crippen molar-refractivity contribution in [3.05, 3.63) is 11.1 Å². The number of carbonyl (C=O) groups is 1. The highest BCUT2D eigenvalue weighted by Gasteiger charge is 2.13. The Morgan fingerprint density at radius 3 is 2.90 bits per heavy atom. The molecule has 0 bridgehead atoms. The van der Waals surface area contributed by atoms with Gasteiger partial charge < -0.3 is 5.32 Å². The molecule has 0 saturated heterocycles. The minimum Gasteiger partial charge on any atom is -0.309 e. The van der Waals surface area contributed by atoms with E-state index in [4.69, 9.17) is 0 Å². The topological polar surface area (TPSA) is 45.2 Å². The Bertz CT molecular complexity index is 409. The molecule has 1 atom stereocenters. The average Bonchev–Trinajstić information content (AvgIpc) is 2.86. The van der Waals surface area contributed by atoms with Crippen molar-refractivity contribution in [2.75, 3.05) is 23.0 Å². The summed E-state index contributed by atoms with van der Waals surface area (Å²) in [7, 11) is 0. The van der Waals surface area contributed by atoms with Crippen molar-refractivity contribution in [2.24, 2.45) is 0 Å². The van der Waals surface area contributed by atoms with E-state index in [-0.39, 0.29) is 5.91 Å². The zero-order valence-electron chi connectivity index (χ0n) is 12.8. The highest BCUT2D eigenvalue weighted by molar-refractivity contribution is 7.99. The Balaban J connectivity index is 2.42. The average molecular weight is 316 g/mol. The summed E-state index contributed by atoms with van der Waals surface area (Å²) in [6.07, 6.45) is 1.17. The van der Waals surface area contributed by atoms with Gasteiger partial charge in [-0.05, 0) is 31.8 Å². The van der Waals surface area contributed by atoms with E-state index >= 15 is 0 Å². The van der Waals surface area contributed by atoms with Crippen LogP contribution in [0.1, 0.15) is 39.8 Å². The van der Waals surface area contributed by atoms with Gasteiger partial charge in [0, 0.05) is 31.4 Å². The molecule has 0 spiro atoms. The van der Waals surface area contributed by atoms with Gasteiger partial charge in [-0.3, -0.25) is 9.69 Å². The molecule has 1 aromatic rings. The van der Waals surface area contributed by atoms with Gasteiger partial charge in [0.25, 0.3) is 0 Å². The summed E-state index contributed by atoms with van der Waals surface area (Å²) >= 11 is 3.51. The molecular formula is C14H25N3OS2. The molecule has 0 aliphatic carbocycles. The van der Waals surface area contributed by atoms with Crippen LogP contribution in [0.3, 0.4) is 0 Å². The number of nitrogens with one attached hydrogen (secondary N) is 1. The van der Waals surface area contributed by atoms with Crippen LogP contribution in [-0.4, -0.2) is 35.0 Å². The maximum atomic E-state index is 11.5. The van der Waals surface area contributed by atoms with Crippen LogP contribution in [0.2, 0.25) is 0 Å². The van der Waals surface area contributed by atoms with Crippen molar-refractivity contribution < 1.29 is 4.79 Å². The first-order valence-corrected chi connectivity index (χ1v) is 9.15. The van der Waals surface area contributed by atoms with Crippen molar-refractivity contribution in [2.45, 2.75) is 46.7 Å². The number of hydrogen-bond acceptors (Lipinski definition) is 5. The highest BCUT2D eigenvalue weighted by Crippen LogP contribution is 2.20. The summed E-state index contributed by atoms with van der Waals surface area (Å²) in [5.41, 5.74) is 1.01. The highest BCUT2D eigenvalue weighted by atomic mass is 32.2. The van der Waals surface area contributed by atoms with Gasteiger partial charge in [-0.2, -0.15) is 11.8 Å². The molecule has 0 aromatic carbocycles. The molecule has 0 fully saturated rings. The molecule has 6 heteroatoms. The Labute approximate surface area is 130 Å². The lowest BCUT2D eigenvalue weighted by atomic mass is 10.2. The first kappa shape index (κ1) is 17.5. The lowest BCUT2D eigenvalue weighted by Gasteiger charge is -2.15. The van der Waals surface area contributed by atoms with Crippen molar-refractivity contribution >= 4 is 34.1 Å². The van der Waals surface area contributed by atoms with Crippen molar-refractivity contribution in [1.29, 1.82) is 0 Å². The number of carbonyl (C=O) groups excluding carboxylic acids is 1. The molecule has 0 aliphatic rings. The molecule has 1 unspecified atom stereocenters. The molecule has 1 N–H and O–H groups in total. The molecule has 1 aromatic heterocycles. The summed E-state index contributed by atoms with van der Waals surface area (Å²) in [6, 6.07) is 0.495. The van der Waals surface area contributed by atoms with Gasteiger partial charge in [-0.25, -0.2) is 4.98 Å². The number of thiazole rings is 1. The first-order chi connectivity index (χ1) is 9.58. The number of hydrogen-bond donors (Lipinski definition) is 1. The van der Waals surface area contributed by atoms with E-state index < -0.39 is 0 Å². The minimum absolute atomic E-state index is 0.0475. The molecule has 114 valence electrons. The first-order valence-electron chi connectivity index (χ1n) is 7.12. The van der Waals surface area contributed by atoms with E-state index in [0.29, 0.717) is 12.6 Å². The van der Waals surface area contributed by atoms with Gasteiger partial charge in [-0.15, -0.1) is 11.3 Å². The number of nitrogens with zero attached hydrogens (tertiary/aromatic N) is 2. The number of aromatic nitrogens is 1. The van der Waals surface area contributed by atoms with E-state index in [1.807, 2.05) is 24.1 Å². The molecule has 20 heavy (non-hydrogen) atoms. The number of amides is 1. The van der Waals surface area contributed by atoms with E-state index in [0.717, 1.165) is 17.4 Å². The minimum atomic E-state index is 0.0475. The summed E-state index contributed by atoms with van der Waals surface area (Å²) < 4.78 is 0. The summed E-state index contributed by atoms with van der Waals surface area (Å²) in [6.45, 7) is 9.38.